The molecule has 1 atom stereocenters. The number of carbonyl (C=O) groups excluding carboxylic acids is 2. The number of hydrogen-bond acceptors (Lipinski definition) is 2. The zero-order valence-corrected chi connectivity index (χ0v) is 11.6. The normalized spacial score (nSPS) is 29.9. The molecule has 0 aromatic heterocycles. The van der Waals surface area contributed by atoms with E-state index in [0.717, 1.165) is 4.90 Å². The molecule has 1 saturated carbocycles. The second-order valence-corrected chi connectivity index (χ2v) is 5.88. The van der Waals surface area contributed by atoms with Crippen molar-refractivity contribution in [2.24, 2.45) is 0 Å². The van der Waals surface area contributed by atoms with Gasteiger partial charge in [0.1, 0.15) is 17.6 Å². The van der Waals surface area contributed by atoms with Gasteiger partial charge in [0.15, 0.2) is 0 Å². The summed E-state index contributed by atoms with van der Waals surface area (Å²) in [5.41, 5.74) is -2.54. The highest BCUT2D eigenvalue weighted by molar-refractivity contribution is 6.02. The maximum atomic E-state index is 12.8. The molecule has 0 bridgehead atoms. The minimum atomic E-state index is -4.50. The largest absolute Gasteiger partial charge is 0.406 e. The van der Waals surface area contributed by atoms with Crippen LogP contribution in [-0.2, 0) is 9.59 Å². The fraction of sp³-hybridized carbons (Fsp3) is 0.846. The van der Waals surface area contributed by atoms with Crippen LogP contribution in [0.2, 0.25) is 0 Å². The Kier molecular flexibility index (Phi) is 3.50. The molecule has 114 valence electrons. The Morgan fingerprint density at radius 1 is 1.25 bits per heavy atom. The molecule has 0 aromatic rings. The average Bonchev–Trinajstić information content (AvgIpc) is 2.82. The summed E-state index contributed by atoms with van der Waals surface area (Å²) >= 11 is 0. The van der Waals surface area contributed by atoms with E-state index in [2.05, 4.69) is 5.32 Å². The van der Waals surface area contributed by atoms with Crippen LogP contribution in [-0.4, -0.2) is 40.5 Å². The predicted molar refractivity (Wildman–Crippen MR) is 65.8 cm³/mol. The number of alkyl halides is 3. The molecule has 2 aliphatic rings. The summed E-state index contributed by atoms with van der Waals surface area (Å²) in [6, 6.07) is 0. The van der Waals surface area contributed by atoms with E-state index in [1.54, 1.807) is 6.92 Å². The predicted octanol–water partition coefficient (Wildman–Crippen LogP) is 1.99. The van der Waals surface area contributed by atoms with Crippen molar-refractivity contribution in [3.63, 3.8) is 0 Å². The molecular formula is C13H19F3N2O2. The van der Waals surface area contributed by atoms with E-state index in [1.807, 2.05) is 0 Å². The standard InChI is InChI=1S/C13H19F3N2O2/c1-3-11(2)10(20)18(8-13(14,15)16)12(9(19)17-11)6-4-5-7-12/h3-8H2,1-2H3,(H,17,19). The first-order valence-corrected chi connectivity index (χ1v) is 6.86. The molecule has 1 heterocycles. The fourth-order valence-corrected chi connectivity index (χ4v) is 3.13. The Morgan fingerprint density at radius 3 is 2.25 bits per heavy atom. The monoisotopic (exact) mass is 292 g/mol. The van der Waals surface area contributed by atoms with Crippen LogP contribution >= 0.6 is 0 Å². The van der Waals surface area contributed by atoms with Gasteiger partial charge in [-0.15, -0.1) is 0 Å². The second kappa shape index (κ2) is 4.63. The lowest BCUT2D eigenvalue weighted by atomic mass is 9.83. The number of halogens is 3. The molecule has 2 amide bonds. The molecular weight excluding hydrogens is 273 g/mol. The van der Waals surface area contributed by atoms with Crippen LogP contribution in [0.15, 0.2) is 0 Å². The molecule has 1 aliphatic carbocycles. The molecule has 0 radical (unpaired) electrons. The summed E-state index contributed by atoms with van der Waals surface area (Å²) in [5, 5.41) is 2.64. The Morgan fingerprint density at radius 2 is 1.80 bits per heavy atom. The summed E-state index contributed by atoms with van der Waals surface area (Å²) in [6.07, 6.45) is -2.30. The molecule has 4 nitrogen and oxygen atoms in total. The molecule has 2 fully saturated rings. The minimum absolute atomic E-state index is 0.266. The Hall–Kier alpha value is -1.27. The van der Waals surface area contributed by atoms with Gasteiger partial charge >= 0.3 is 6.18 Å². The third kappa shape index (κ3) is 2.27. The minimum Gasteiger partial charge on any atom is -0.340 e. The highest BCUT2D eigenvalue weighted by atomic mass is 19.4. The van der Waals surface area contributed by atoms with Gasteiger partial charge in [0.05, 0.1) is 0 Å². The molecule has 2 rings (SSSR count). The maximum absolute atomic E-state index is 12.8. The fourth-order valence-electron chi connectivity index (χ4n) is 3.13. The van der Waals surface area contributed by atoms with Gasteiger partial charge in [-0.25, -0.2) is 0 Å². The van der Waals surface area contributed by atoms with Crippen LogP contribution in [0.5, 0.6) is 0 Å². The van der Waals surface area contributed by atoms with E-state index in [0.29, 0.717) is 25.7 Å². The summed E-state index contributed by atoms with van der Waals surface area (Å²) in [4.78, 5) is 25.6. The highest BCUT2D eigenvalue weighted by Gasteiger charge is 2.59. The smallest absolute Gasteiger partial charge is 0.340 e. The average molecular weight is 292 g/mol. The number of piperazine rings is 1. The first-order valence-electron chi connectivity index (χ1n) is 6.86. The van der Waals surface area contributed by atoms with Gasteiger partial charge < -0.3 is 10.2 Å². The van der Waals surface area contributed by atoms with Crippen molar-refractivity contribution in [1.29, 1.82) is 0 Å². The number of rotatable bonds is 2. The zero-order chi connectivity index (χ0) is 15.2. The van der Waals surface area contributed by atoms with Crippen LogP contribution in [0, 0.1) is 0 Å². The maximum Gasteiger partial charge on any atom is 0.406 e. The van der Waals surface area contributed by atoms with Crippen molar-refractivity contribution in [3.05, 3.63) is 0 Å². The van der Waals surface area contributed by atoms with Gasteiger partial charge in [0.2, 0.25) is 11.8 Å². The summed E-state index contributed by atoms with van der Waals surface area (Å²) in [5.74, 6) is -1.07. The van der Waals surface area contributed by atoms with Crippen LogP contribution in [0.3, 0.4) is 0 Å². The summed E-state index contributed by atoms with van der Waals surface area (Å²) in [7, 11) is 0. The van der Waals surface area contributed by atoms with Crippen molar-refractivity contribution >= 4 is 11.8 Å². The highest BCUT2D eigenvalue weighted by Crippen LogP contribution is 2.41. The number of nitrogens with zero attached hydrogens (tertiary/aromatic N) is 1. The Labute approximate surface area is 115 Å². The van der Waals surface area contributed by atoms with E-state index < -0.39 is 35.6 Å². The lowest BCUT2D eigenvalue weighted by Crippen LogP contribution is -2.75. The molecule has 1 spiro atoms. The van der Waals surface area contributed by atoms with Crippen molar-refractivity contribution in [1.82, 2.24) is 10.2 Å². The molecule has 1 N–H and O–H groups in total. The Bertz CT molecular complexity index is 430. The molecule has 20 heavy (non-hydrogen) atoms. The second-order valence-electron chi connectivity index (χ2n) is 5.88. The van der Waals surface area contributed by atoms with Gasteiger partial charge in [-0.05, 0) is 26.2 Å². The van der Waals surface area contributed by atoms with E-state index in [-0.39, 0.29) is 6.42 Å². The number of hydrogen-bond donors (Lipinski definition) is 1. The number of carbonyl (C=O) groups is 2. The molecule has 0 aromatic carbocycles. The molecule has 1 aliphatic heterocycles. The molecule has 7 heteroatoms. The van der Waals surface area contributed by atoms with E-state index in [4.69, 9.17) is 0 Å². The summed E-state index contributed by atoms with van der Waals surface area (Å²) in [6.45, 7) is 1.81. The quantitative estimate of drug-likeness (QED) is 0.846. The zero-order valence-electron chi connectivity index (χ0n) is 11.6. The van der Waals surface area contributed by atoms with Gasteiger partial charge in [-0.1, -0.05) is 19.8 Å². The van der Waals surface area contributed by atoms with Gasteiger partial charge in [-0.2, -0.15) is 13.2 Å². The summed E-state index contributed by atoms with van der Waals surface area (Å²) < 4.78 is 38.4. The molecule has 1 saturated heterocycles. The molecule has 1 unspecified atom stereocenters. The van der Waals surface area contributed by atoms with Crippen LogP contribution < -0.4 is 5.32 Å². The lowest BCUT2D eigenvalue weighted by Gasteiger charge is -2.50. The Balaban J connectivity index is 2.42. The van der Waals surface area contributed by atoms with E-state index in [1.165, 1.54) is 6.92 Å². The topological polar surface area (TPSA) is 49.4 Å². The van der Waals surface area contributed by atoms with Gasteiger partial charge in [0, 0.05) is 0 Å². The van der Waals surface area contributed by atoms with Crippen LogP contribution in [0.4, 0.5) is 13.2 Å². The lowest BCUT2D eigenvalue weighted by molar-refractivity contribution is -0.187. The first-order chi connectivity index (χ1) is 9.15. The van der Waals surface area contributed by atoms with E-state index >= 15 is 0 Å². The van der Waals surface area contributed by atoms with Gasteiger partial charge in [-0.3, -0.25) is 9.59 Å². The number of nitrogens with one attached hydrogen (secondary N) is 1. The van der Waals surface area contributed by atoms with Crippen LogP contribution in [0.1, 0.15) is 46.0 Å². The third-order valence-electron chi connectivity index (χ3n) is 4.52. The van der Waals surface area contributed by atoms with Crippen molar-refractivity contribution < 1.29 is 22.8 Å². The third-order valence-corrected chi connectivity index (χ3v) is 4.52. The number of amides is 2. The van der Waals surface area contributed by atoms with Crippen LogP contribution in [0.25, 0.3) is 0 Å². The van der Waals surface area contributed by atoms with E-state index in [9.17, 15) is 22.8 Å². The SMILES string of the molecule is CCC1(C)NC(=O)C2(CCCC2)N(CC(F)(F)F)C1=O. The van der Waals surface area contributed by atoms with Gasteiger partial charge in [0.25, 0.3) is 0 Å². The van der Waals surface area contributed by atoms with Crippen molar-refractivity contribution in [2.45, 2.75) is 63.2 Å². The van der Waals surface area contributed by atoms with Crippen molar-refractivity contribution in [2.75, 3.05) is 6.54 Å². The first kappa shape index (κ1) is 15.1. The van der Waals surface area contributed by atoms with Crippen molar-refractivity contribution in [3.8, 4) is 0 Å².